The van der Waals surface area contributed by atoms with Crippen molar-refractivity contribution in [2.24, 2.45) is 28.7 Å². The summed E-state index contributed by atoms with van der Waals surface area (Å²) >= 11 is 5.10. The Balaban J connectivity index is 1.23. The van der Waals surface area contributed by atoms with Crippen molar-refractivity contribution >= 4 is 51.4 Å². The first-order valence-electron chi connectivity index (χ1n) is 12.8. The summed E-state index contributed by atoms with van der Waals surface area (Å²) in [5.41, 5.74) is 3.62. The summed E-state index contributed by atoms with van der Waals surface area (Å²) in [7, 11) is 2.21. The van der Waals surface area contributed by atoms with E-state index in [1.807, 2.05) is 6.21 Å². The average Bonchev–Trinajstić information content (AvgIpc) is 2.71. The van der Waals surface area contributed by atoms with Crippen molar-refractivity contribution < 1.29 is 5.11 Å². The smallest absolute Gasteiger partial charge is 0.128 e. The quantitative estimate of drug-likeness (QED) is 0.192. The van der Waals surface area contributed by atoms with Gasteiger partial charge in [0, 0.05) is 34.4 Å². The molecule has 5 aliphatic rings. The minimum Gasteiger partial charge on any atom is -0.507 e. The van der Waals surface area contributed by atoms with Crippen LogP contribution in [0.1, 0.15) is 68.1 Å². The van der Waals surface area contributed by atoms with E-state index in [1.54, 1.807) is 0 Å². The van der Waals surface area contributed by atoms with Crippen molar-refractivity contribution in [1.82, 2.24) is 4.90 Å². The molecule has 0 heterocycles. The highest BCUT2D eigenvalue weighted by molar-refractivity contribution is 14.1. The van der Waals surface area contributed by atoms with E-state index in [4.69, 9.17) is 4.99 Å². The molecule has 180 valence electrons. The Morgan fingerprint density at radius 1 is 1.12 bits per heavy atom. The SMILES string of the molecule is Cc1cc(/C=N/CCN(C)CC2C=C(I)CC(I)C2)c(O)c(C23CC4CC(CC(C4)C2)C3)c1. The van der Waals surface area contributed by atoms with Gasteiger partial charge in [0.15, 0.2) is 0 Å². The van der Waals surface area contributed by atoms with Gasteiger partial charge in [-0.1, -0.05) is 34.7 Å². The van der Waals surface area contributed by atoms with E-state index in [0.29, 0.717) is 11.7 Å². The molecule has 0 aromatic heterocycles. The van der Waals surface area contributed by atoms with Crippen molar-refractivity contribution in [1.29, 1.82) is 0 Å². The zero-order valence-electron chi connectivity index (χ0n) is 20.1. The fourth-order valence-electron chi connectivity index (χ4n) is 7.78. The summed E-state index contributed by atoms with van der Waals surface area (Å²) in [6.45, 7) is 5.01. The van der Waals surface area contributed by atoms with Crippen molar-refractivity contribution in [3.63, 3.8) is 0 Å². The summed E-state index contributed by atoms with van der Waals surface area (Å²) in [4.78, 5) is 7.16. The van der Waals surface area contributed by atoms with Gasteiger partial charge in [0.2, 0.25) is 0 Å². The number of alkyl halides is 1. The van der Waals surface area contributed by atoms with Crippen molar-refractivity contribution in [3.05, 3.63) is 38.5 Å². The maximum atomic E-state index is 11.3. The third kappa shape index (κ3) is 5.50. The Hall–Kier alpha value is -0.150. The van der Waals surface area contributed by atoms with Crippen LogP contribution in [-0.2, 0) is 5.41 Å². The van der Waals surface area contributed by atoms with Crippen LogP contribution in [-0.4, -0.2) is 46.8 Å². The number of benzene rings is 1. The molecule has 2 atom stereocenters. The van der Waals surface area contributed by atoms with Gasteiger partial charge in [0.1, 0.15) is 5.75 Å². The highest BCUT2D eigenvalue weighted by atomic mass is 127. The lowest BCUT2D eigenvalue weighted by Crippen LogP contribution is -2.48. The third-order valence-corrected chi connectivity index (χ3v) is 10.4. The number of nitrogens with zero attached hydrogens (tertiary/aromatic N) is 2. The standard InChI is InChI=1S/C28H38I2N2O/c1-18-5-23(16-31-3-4-32(2)17-22-10-24(29)12-25(30)11-22)27(33)26(6-18)28-13-19-7-20(14-28)9-21(8-19)15-28/h5-6,10,16,19-22,25,33H,3-4,7-9,11-15,17H2,1-2H3/b31-16+. The fourth-order valence-corrected chi connectivity index (χ4v) is 10.8. The second kappa shape index (κ2) is 10.1. The summed E-state index contributed by atoms with van der Waals surface area (Å²) in [6.07, 6.45) is 15.1. The number of aryl methyl sites for hydroxylation is 1. The molecule has 1 aromatic rings. The molecule has 6 rings (SSSR count). The lowest BCUT2D eigenvalue weighted by molar-refractivity contribution is -0.00616. The van der Waals surface area contributed by atoms with E-state index in [0.717, 1.165) is 46.9 Å². The summed E-state index contributed by atoms with van der Waals surface area (Å²) in [6, 6.07) is 4.40. The fraction of sp³-hybridized carbons (Fsp3) is 0.679. The van der Waals surface area contributed by atoms with E-state index in [-0.39, 0.29) is 5.41 Å². The van der Waals surface area contributed by atoms with E-state index in [9.17, 15) is 5.11 Å². The van der Waals surface area contributed by atoms with Gasteiger partial charge in [-0.25, -0.2) is 0 Å². The molecule has 2 unspecified atom stereocenters. The van der Waals surface area contributed by atoms with Crippen LogP contribution >= 0.6 is 45.2 Å². The molecular weight excluding hydrogens is 634 g/mol. The molecule has 5 heteroatoms. The predicted molar refractivity (Wildman–Crippen MR) is 155 cm³/mol. The maximum Gasteiger partial charge on any atom is 0.128 e. The number of likely N-dealkylation sites (N-methyl/N-ethyl adjacent to an activating group) is 1. The van der Waals surface area contributed by atoms with Crippen LogP contribution in [0.2, 0.25) is 0 Å². The van der Waals surface area contributed by atoms with Crippen LogP contribution in [0.25, 0.3) is 0 Å². The number of allylic oxidation sites excluding steroid dienone is 1. The lowest BCUT2D eigenvalue weighted by atomic mass is 9.48. The van der Waals surface area contributed by atoms with Crippen LogP contribution in [0.4, 0.5) is 0 Å². The van der Waals surface area contributed by atoms with Gasteiger partial charge in [0.25, 0.3) is 0 Å². The number of hydrogen-bond acceptors (Lipinski definition) is 3. The zero-order chi connectivity index (χ0) is 23.2. The number of halogens is 2. The third-order valence-electron chi connectivity index (χ3n) is 8.67. The van der Waals surface area contributed by atoms with Gasteiger partial charge in [-0.15, -0.1) is 0 Å². The molecule has 0 radical (unpaired) electrons. The van der Waals surface area contributed by atoms with Crippen LogP contribution in [0.15, 0.2) is 26.8 Å². The maximum absolute atomic E-state index is 11.3. The second-order valence-electron chi connectivity index (χ2n) is 11.7. The zero-order valence-corrected chi connectivity index (χ0v) is 24.4. The molecule has 3 nitrogen and oxygen atoms in total. The van der Waals surface area contributed by atoms with E-state index in [2.05, 4.69) is 82.3 Å². The van der Waals surface area contributed by atoms with E-state index >= 15 is 0 Å². The molecule has 1 aromatic carbocycles. The Labute approximate surface area is 227 Å². The van der Waals surface area contributed by atoms with E-state index < -0.39 is 0 Å². The van der Waals surface area contributed by atoms with Crippen molar-refractivity contribution in [3.8, 4) is 5.75 Å². The molecule has 4 bridgehead atoms. The lowest BCUT2D eigenvalue weighted by Gasteiger charge is -2.57. The van der Waals surface area contributed by atoms with Crippen molar-refractivity contribution in [2.75, 3.05) is 26.7 Å². The molecule has 4 fully saturated rings. The highest BCUT2D eigenvalue weighted by Crippen LogP contribution is 2.62. The van der Waals surface area contributed by atoms with E-state index in [1.165, 1.54) is 66.1 Å². The number of aliphatic imine (C=N–C) groups is 1. The Bertz CT molecular complexity index is 905. The van der Waals surface area contributed by atoms with Gasteiger partial charge in [-0.3, -0.25) is 4.99 Å². The minimum absolute atomic E-state index is 0.217. The van der Waals surface area contributed by atoms with Crippen molar-refractivity contribution in [2.45, 2.75) is 67.6 Å². The first-order valence-corrected chi connectivity index (χ1v) is 15.1. The Morgan fingerprint density at radius 2 is 1.79 bits per heavy atom. The predicted octanol–water partition coefficient (Wildman–Crippen LogP) is 7.05. The monoisotopic (exact) mass is 672 g/mol. The summed E-state index contributed by atoms with van der Waals surface area (Å²) < 4.78 is 2.28. The first-order chi connectivity index (χ1) is 15.8. The molecule has 0 spiro atoms. The molecule has 0 amide bonds. The second-order valence-corrected chi connectivity index (χ2v) is 14.8. The summed E-state index contributed by atoms with van der Waals surface area (Å²) in [5.74, 6) is 3.82. The molecule has 5 aliphatic carbocycles. The molecule has 4 saturated carbocycles. The van der Waals surface area contributed by atoms with Crippen LogP contribution in [0.5, 0.6) is 5.75 Å². The number of phenolic OH excluding ortho intramolecular Hbond substituents is 1. The van der Waals surface area contributed by atoms with Gasteiger partial charge >= 0.3 is 0 Å². The van der Waals surface area contributed by atoms with Gasteiger partial charge in [-0.2, -0.15) is 0 Å². The van der Waals surface area contributed by atoms with Gasteiger partial charge < -0.3 is 10.0 Å². The normalized spacial score (nSPS) is 35.5. The first kappa shape index (κ1) is 24.5. The number of hydrogen-bond donors (Lipinski definition) is 1. The van der Waals surface area contributed by atoms with Crippen LogP contribution in [0, 0.1) is 30.6 Å². The number of rotatable bonds is 7. The Morgan fingerprint density at radius 3 is 2.42 bits per heavy atom. The van der Waals surface area contributed by atoms with Gasteiger partial charge in [-0.05, 0) is 132 Å². The molecular formula is C28H38I2N2O. The van der Waals surface area contributed by atoms with Gasteiger partial charge in [0.05, 0.1) is 6.54 Å². The molecule has 33 heavy (non-hydrogen) atoms. The number of aromatic hydroxyl groups is 1. The highest BCUT2D eigenvalue weighted by Gasteiger charge is 2.52. The largest absolute Gasteiger partial charge is 0.507 e. The number of phenols is 1. The summed E-state index contributed by atoms with van der Waals surface area (Å²) in [5, 5.41) is 11.3. The molecule has 1 N–H and O–H groups in total. The minimum atomic E-state index is 0.217. The van der Waals surface area contributed by atoms with Crippen LogP contribution < -0.4 is 0 Å². The molecule has 0 aliphatic heterocycles. The average molecular weight is 672 g/mol. The molecule has 0 saturated heterocycles. The topological polar surface area (TPSA) is 35.8 Å². The Kier molecular flexibility index (Phi) is 7.49. The van der Waals surface area contributed by atoms with Crippen LogP contribution in [0.3, 0.4) is 0 Å².